The number of aromatic nitrogens is 2. The van der Waals surface area contributed by atoms with Crippen LogP contribution in [0, 0.1) is 0 Å². The van der Waals surface area contributed by atoms with Gasteiger partial charge in [0.15, 0.2) is 0 Å². The average Bonchev–Trinajstić information content (AvgIpc) is 2.85. The van der Waals surface area contributed by atoms with E-state index in [1.165, 1.54) is 16.5 Å². The van der Waals surface area contributed by atoms with Gasteiger partial charge >= 0.3 is 0 Å². The second-order valence-corrected chi connectivity index (χ2v) is 4.73. The van der Waals surface area contributed by atoms with Crippen molar-refractivity contribution in [3.63, 3.8) is 0 Å². The molecule has 0 spiro atoms. The molecule has 19 heavy (non-hydrogen) atoms. The summed E-state index contributed by atoms with van der Waals surface area (Å²) in [7, 11) is 0. The molecule has 3 aromatic rings. The smallest absolute Gasteiger partial charge is 0.137 e. The van der Waals surface area contributed by atoms with Gasteiger partial charge in [0.05, 0.1) is 0 Å². The third-order valence-electron chi connectivity index (χ3n) is 3.38. The van der Waals surface area contributed by atoms with Gasteiger partial charge in [-0.3, -0.25) is 0 Å². The normalized spacial score (nSPS) is 10.9. The summed E-state index contributed by atoms with van der Waals surface area (Å²) >= 11 is 0. The number of phenols is 1. The molecule has 0 saturated heterocycles. The summed E-state index contributed by atoms with van der Waals surface area (Å²) in [6.45, 7) is 0. The van der Waals surface area contributed by atoms with Gasteiger partial charge in [-0.15, -0.1) is 0 Å². The highest BCUT2D eigenvalue weighted by Gasteiger charge is 2.03. The van der Waals surface area contributed by atoms with Gasteiger partial charge < -0.3 is 10.1 Å². The van der Waals surface area contributed by atoms with Crippen LogP contribution in [-0.4, -0.2) is 15.1 Å². The SMILES string of the molecule is Oc1ccc(CCCc2c[nH]c3ncccc23)cc1. The molecular formula is C16H16N2O. The zero-order valence-electron chi connectivity index (χ0n) is 10.6. The van der Waals surface area contributed by atoms with Crippen LogP contribution in [0.2, 0.25) is 0 Å². The van der Waals surface area contributed by atoms with E-state index in [-0.39, 0.29) is 0 Å². The fourth-order valence-corrected chi connectivity index (χ4v) is 2.37. The maximum absolute atomic E-state index is 9.24. The number of aromatic hydroxyl groups is 1. The topological polar surface area (TPSA) is 48.9 Å². The van der Waals surface area contributed by atoms with Crippen LogP contribution < -0.4 is 0 Å². The number of fused-ring (bicyclic) bond motifs is 1. The van der Waals surface area contributed by atoms with Gasteiger partial charge in [0.25, 0.3) is 0 Å². The quantitative estimate of drug-likeness (QED) is 0.747. The standard InChI is InChI=1S/C16H16N2O/c19-14-8-6-12(7-9-14)3-1-4-13-11-18-16-15(13)5-2-10-17-16/h2,5-11,19H,1,3-4H2,(H,17,18). The second kappa shape index (κ2) is 5.14. The fourth-order valence-electron chi connectivity index (χ4n) is 2.37. The van der Waals surface area contributed by atoms with Crippen LogP contribution in [0.5, 0.6) is 5.75 Å². The molecule has 3 heteroatoms. The second-order valence-electron chi connectivity index (χ2n) is 4.73. The Bertz CT molecular complexity index is 671. The van der Waals surface area contributed by atoms with Gasteiger partial charge in [0, 0.05) is 17.8 Å². The van der Waals surface area contributed by atoms with E-state index in [4.69, 9.17) is 0 Å². The predicted octanol–water partition coefficient (Wildman–Crippen LogP) is 3.44. The van der Waals surface area contributed by atoms with Gasteiger partial charge in [-0.2, -0.15) is 0 Å². The molecule has 0 aliphatic carbocycles. The van der Waals surface area contributed by atoms with Crippen molar-refractivity contribution in [1.82, 2.24) is 9.97 Å². The maximum atomic E-state index is 9.24. The summed E-state index contributed by atoms with van der Waals surface area (Å²) in [6.07, 6.45) is 7.00. The monoisotopic (exact) mass is 252 g/mol. The van der Waals surface area contributed by atoms with Crippen LogP contribution in [-0.2, 0) is 12.8 Å². The van der Waals surface area contributed by atoms with Crippen LogP contribution in [0.3, 0.4) is 0 Å². The van der Waals surface area contributed by atoms with E-state index in [1.54, 1.807) is 18.3 Å². The summed E-state index contributed by atoms with van der Waals surface area (Å²) in [5, 5.41) is 10.5. The summed E-state index contributed by atoms with van der Waals surface area (Å²) < 4.78 is 0. The lowest BCUT2D eigenvalue weighted by molar-refractivity contribution is 0.475. The Balaban J connectivity index is 1.65. The molecule has 3 rings (SSSR count). The molecule has 0 radical (unpaired) electrons. The molecule has 0 aliphatic rings. The molecule has 0 bridgehead atoms. The van der Waals surface area contributed by atoms with Crippen molar-refractivity contribution >= 4 is 11.0 Å². The lowest BCUT2D eigenvalue weighted by Crippen LogP contribution is -1.89. The van der Waals surface area contributed by atoms with Gasteiger partial charge in [-0.25, -0.2) is 4.98 Å². The molecule has 0 saturated carbocycles. The average molecular weight is 252 g/mol. The number of hydrogen-bond donors (Lipinski definition) is 2. The molecule has 3 nitrogen and oxygen atoms in total. The first-order valence-corrected chi connectivity index (χ1v) is 6.52. The Hall–Kier alpha value is -2.29. The fraction of sp³-hybridized carbons (Fsp3) is 0.188. The molecular weight excluding hydrogens is 236 g/mol. The zero-order chi connectivity index (χ0) is 13.1. The van der Waals surface area contributed by atoms with E-state index < -0.39 is 0 Å². The minimum absolute atomic E-state index is 0.325. The third-order valence-corrected chi connectivity index (χ3v) is 3.38. The summed E-state index contributed by atoms with van der Waals surface area (Å²) in [6, 6.07) is 11.5. The van der Waals surface area contributed by atoms with Crippen molar-refractivity contribution in [2.45, 2.75) is 19.3 Å². The van der Waals surface area contributed by atoms with Crippen LogP contribution in [0.4, 0.5) is 0 Å². The Morgan fingerprint density at radius 3 is 2.74 bits per heavy atom. The number of rotatable bonds is 4. The summed E-state index contributed by atoms with van der Waals surface area (Å²) in [5.74, 6) is 0.325. The molecule has 0 unspecified atom stereocenters. The van der Waals surface area contributed by atoms with Gasteiger partial charge in [0.1, 0.15) is 11.4 Å². The predicted molar refractivity (Wildman–Crippen MR) is 76.2 cm³/mol. The van der Waals surface area contributed by atoms with Crippen LogP contribution >= 0.6 is 0 Å². The number of benzene rings is 1. The largest absolute Gasteiger partial charge is 0.508 e. The molecule has 0 fully saturated rings. The Morgan fingerprint density at radius 1 is 1.05 bits per heavy atom. The van der Waals surface area contributed by atoms with Crippen LogP contribution in [0.25, 0.3) is 11.0 Å². The van der Waals surface area contributed by atoms with Crippen molar-refractivity contribution in [2.24, 2.45) is 0 Å². The van der Waals surface area contributed by atoms with Gasteiger partial charge in [-0.05, 0) is 54.7 Å². The zero-order valence-corrected chi connectivity index (χ0v) is 10.6. The van der Waals surface area contributed by atoms with Crippen molar-refractivity contribution in [3.05, 3.63) is 59.9 Å². The van der Waals surface area contributed by atoms with Crippen molar-refractivity contribution in [1.29, 1.82) is 0 Å². The Labute approximate surface area is 111 Å². The molecule has 2 N–H and O–H groups in total. The molecule has 0 atom stereocenters. The third kappa shape index (κ3) is 2.60. The minimum atomic E-state index is 0.325. The lowest BCUT2D eigenvalue weighted by atomic mass is 10.0. The number of H-pyrrole nitrogens is 1. The summed E-state index contributed by atoms with van der Waals surface area (Å²) in [5.41, 5.74) is 3.54. The number of aromatic amines is 1. The highest BCUT2D eigenvalue weighted by atomic mass is 16.3. The first kappa shape index (κ1) is 11.8. The van der Waals surface area contributed by atoms with Crippen molar-refractivity contribution in [2.75, 3.05) is 0 Å². The number of aryl methyl sites for hydroxylation is 2. The minimum Gasteiger partial charge on any atom is -0.508 e. The molecule has 0 amide bonds. The number of hydrogen-bond acceptors (Lipinski definition) is 2. The molecule has 2 heterocycles. The number of pyridine rings is 1. The highest BCUT2D eigenvalue weighted by molar-refractivity contribution is 5.79. The van der Waals surface area contributed by atoms with Crippen LogP contribution in [0.1, 0.15) is 17.5 Å². The Morgan fingerprint density at radius 2 is 1.89 bits per heavy atom. The molecule has 96 valence electrons. The molecule has 0 aliphatic heterocycles. The van der Waals surface area contributed by atoms with E-state index in [9.17, 15) is 5.11 Å². The number of phenolic OH excluding ortho intramolecular Hbond substituents is 1. The van der Waals surface area contributed by atoms with Gasteiger partial charge in [0.2, 0.25) is 0 Å². The van der Waals surface area contributed by atoms with E-state index in [0.717, 1.165) is 24.9 Å². The molecule has 2 aromatic heterocycles. The van der Waals surface area contributed by atoms with E-state index in [1.807, 2.05) is 18.2 Å². The van der Waals surface area contributed by atoms with E-state index >= 15 is 0 Å². The van der Waals surface area contributed by atoms with Gasteiger partial charge in [-0.1, -0.05) is 12.1 Å². The van der Waals surface area contributed by atoms with Crippen molar-refractivity contribution < 1.29 is 5.11 Å². The molecule has 1 aromatic carbocycles. The highest BCUT2D eigenvalue weighted by Crippen LogP contribution is 2.18. The maximum Gasteiger partial charge on any atom is 0.137 e. The Kier molecular flexibility index (Phi) is 3.19. The van der Waals surface area contributed by atoms with Crippen molar-refractivity contribution in [3.8, 4) is 5.75 Å². The summed E-state index contributed by atoms with van der Waals surface area (Å²) in [4.78, 5) is 7.49. The van der Waals surface area contributed by atoms with E-state index in [2.05, 4.69) is 22.2 Å². The number of nitrogens with zero attached hydrogens (tertiary/aromatic N) is 1. The first-order chi connectivity index (χ1) is 9.33. The van der Waals surface area contributed by atoms with Crippen LogP contribution in [0.15, 0.2) is 48.8 Å². The number of nitrogens with one attached hydrogen (secondary N) is 1. The lowest BCUT2D eigenvalue weighted by Gasteiger charge is -2.01. The first-order valence-electron chi connectivity index (χ1n) is 6.52. The van der Waals surface area contributed by atoms with E-state index in [0.29, 0.717) is 5.75 Å².